The molecule has 0 aliphatic rings. The molecule has 0 atom stereocenters. The van der Waals surface area contributed by atoms with Gasteiger partial charge in [0.05, 0.1) is 0 Å². The quantitative estimate of drug-likeness (QED) is 0.511. The van der Waals surface area contributed by atoms with Gasteiger partial charge >= 0.3 is 96.2 Å². The molecule has 0 aliphatic heterocycles. The van der Waals surface area contributed by atoms with Crippen molar-refractivity contribution in [3.05, 3.63) is 24.8 Å². The zero-order valence-electron chi connectivity index (χ0n) is 6.90. The number of aromatic nitrogens is 4. The fourth-order valence-electron chi connectivity index (χ4n) is 1.01. The summed E-state index contributed by atoms with van der Waals surface area (Å²) in [6.07, 6.45) is 6.38. The second-order valence-electron chi connectivity index (χ2n) is 2.48. The summed E-state index contributed by atoms with van der Waals surface area (Å²) < 4.78 is 4.09. The van der Waals surface area contributed by atoms with Gasteiger partial charge in [-0.05, 0) is 0 Å². The molecule has 0 N–H and O–H groups in total. The van der Waals surface area contributed by atoms with E-state index in [-0.39, 0.29) is 6.03 Å². The normalized spacial score (nSPS) is 10.4. The van der Waals surface area contributed by atoms with Gasteiger partial charge < -0.3 is 0 Å². The molecular weight excluding hydrogens is 314 g/mol. The topological polar surface area (TPSA) is 52.7 Å². The van der Waals surface area contributed by atoms with Gasteiger partial charge in [-0.2, -0.15) is 0 Å². The van der Waals surface area contributed by atoms with Crippen LogP contribution >= 0.6 is 0 Å². The first kappa shape index (κ1) is 9.68. The van der Waals surface area contributed by atoms with Crippen molar-refractivity contribution in [2.45, 2.75) is 0 Å². The van der Waals surface area contributed by atoms with Crippen molar-refractivity contribution in [1.29, 1.82) is 0 Å². The molecule has 2 rings (SSSR count). The summed E-state index contributed by atoms with van der Waals surface area (Å²) in [6.45, 7) is 0. The Morgan fingerprint density at radius 2 is 1.50 bits per heavy atom. The summed E-state index contributed by atoms with van der Waals surface area (Å²) in [5.74, 6) is 0. The van der Waals surface area contributed by atoms with Crippen LogP contribution in [0.2, 0.25) is 0 Å². The van der Waals surface area contributed by atoms with Crippen LogP contribution < -0.4 is 9.45 Å². The first-order chi connectivity index (χ1) is 6.70. The van der Waals surface area contributed by atoms with E-state index in [1.165, 1.54) is 9.13 Å². The van der Waals surface area contributed by atoms with Gasteiger partial charge in [0.1, 0.15) is 0 Å². The van der Waals surface area contributed by atoms with Crippen molar-refractivity contribution in [1.82, 2.24) is 19.1 Å². The van der Waals surface area contributed by atoms with E-state index >= 15 is 0 Å². The van der Waals surface area contributed by atoms with E-state index in [1.807, 2.05) is 0 Å². The molecule has 0 saturated heterocycles. The molecule has 72 valence electrons. The molecule has 0 radical (unpaired) electrons. The molecule has 7 heteroatoms. The second kappa shape index (κ2) is 3.71. The number of rotatable bonds is 0. The molecule has 0 bridgehead atoms. The predicted molar refractivity (Wildman–Crippen MR) is 54.2 cm³/mol. The molecule has 0 spiro atoms. The molecular formula is C7H6N4OSe2. The molecule has 0 saturated carbocycles. The number of carbonyl (C=O) groups is 1. The van der Waals surface area contributed by atoms with E-state index < -0.39 is 0 Å². The van der Waals surface area contributed by atoms with E-state index in [9.17, 15) is 4.79 Å². The Morgan fingerprint density at radius 1 is 1.07 bits per heavy atom. The second-order valence-corrected chi connectivity index (χ2v) is 4.16. The summed E-state index contributed by atoms with van der Waals surface area (Å²) in [4.78, 5) is 19.7. The Labute approximate surface area is 96.2 Å². The van der Waals surface area contributed by atoms with Gasteiger partial charge in [0, 0.05) is 0 Å². The van der Waals surface area contributed by atoms with Crippen LogP contribution in [0.1, 0.15) is 0 Å². The standard InChI is InChI=1S/C7H6N4OSe2/c12-7(10-3-1-8-5(10)13)11-4-2-9-6(11)14/h1-4H,(H,8,13)(H,9,14). The van der Waals surface area contributed by atoms with Crippen molar-refractivity contribution >= 4 is 47.5 Å². The van der Waals surface area contributed by atoms with Crippen LogP contribution in [0.5, 0.6) is 0 Å². The average molecular weight is 320 g/mol. The van der Waals surface area contributed by atoms with Crippen molar-refractivity contribution in [3.8, 4) is 0 Å². The van der Waals surface area contributed by atoms with Crippen LogP contribution in [0.25, 0.3) is 0 Å². The van der Waals surface area contributed by atoms with Gasteiger partial charge in [-0.1, -0.05) is 0 Å². The molecule has 0 aliphatic carbocycles. The van der Waals surface area contributed by atoms with E-state index in [0.717, 1.165) is 0 Å². The SMILES string of the molecule is O=C(n1ccnc1[SeH])n1ccnc1[SeH]. The Kier molecular flexibility index (Phi) is 2.56. The monoisotopic (exact) mass is 322 g/mol. The van der Waals surface area contributed by atoms with Crippen molar-refractivity contribution in [3.63, 3.8) is 0 Å². The fourth-order valence-corrected chi connectivity index (χ4v) is 1.92. The summed E-state index contributed by atoms with van der Waals surface area (Å²) >= 11 is 4.48. The maximum atomic E-state index is 11.8. The summed E-state index contributed by atoms with van der Waals surface area (Å²) in [5.41, 5.74) is 0. The van der Waals surface area contributed by atoms with Crippen LogP contribution in [0.4, 0.5) is 4.79 Å². The van der Waals surface area contributed by atoms with E-state index in [0.29, 0.717) is 9.45 Å². The molecule has 0 unspecified atom stereocenters. The van der Waals surface area contributed by atoms with Crippen molar-refractivity contribution in [2.24, 2.45) is 0 Å². The Bertz CT molecular complexity index is 433. The first-order valence-electron chi connectivity index (χ1n) is 3.69. The van der Waals surface area contributed by atoms with Crippen LogP contribution in [0, 0.1) is 0 Å². The Morgan fingerprint density at radius 3 is 1.79 bits per heavy atom. The minimum atomic E-state index is -0.189. The number of nitrogens with zero attached hydrogens (tertiary/aromatic N) is 4. The third kappa shape index (κ3) is 1.55. The molecule has 0 fully saturated rings. The third-order valence-corrected chi connectivity index (χ3v) is 3.04. The van der Waals surface area contributed by atoms with Crippen LogP contribution in [-0.4, -0.2) is 57.2 Å². The summed E-state index contributed by atoms with van der Waals surface area (Å²) in [5, 5.41) is 0. The van der Waals surface area contributed by atoms with Crippen LogP contribution in [0.3, 0.4) is 0 Å². The average Bonchev–Trinajstić information content (AvgIpc) is 2.73. The molecule has 2 aromatic rings. The maximum absolute atomic E-state index is 11.8. The van der Waals surface area contributed by atoms with Gasteiger partial charge in [-0.15, -0.1) is 0 Å². The third-order valence-electron chi connectivity index (χ3n) is 1.65. The zero-order valence-corrected chi connectivity index (χ0v) is 10.7. The van der Waals surface area contributed by atoms with Gasteiger partial charge in [-0.25, -0.2) is 0 Å². The molecule has 2 aromatic heterocycles. The van der Waals surface area contributed by atoms with Gasteiger partial charge in [0.2, 0.25) is 0 Å². The molecule has 2 heterocycles. The van der Waals surface area contributed by atoms with E-state index in [4.69, 9.17) is 0 Å². The summed E-state index contributed by atoms with van der Waals surface area (Å²) in [6, 6.07) is -0.189. The zero-order chi connectivity index (χ0) is 10.1. The van der Waals surface area contributed by atoms with Gasteiger partial charge in [0.15, 0.2) is 0 Å². The fraction of sp³-hybridized carbons (Fsp3) is 0. The molecule has 5 nitrogen and oxygen atoms in total. The van der Waals surface area contributed by atoms with E-state index in [1.54, 1.807) is 24.8 Å². The van der Waals surface area contributed by atoms with E-state index in [2.05, 4.69) is 42.0 Å². The minimum absolute atomic E-state index is 0.189. The summed E-state index contributed by atoms with van der Waals surface area (Å²) in [7, 11) is 0. The van der Waals surface area contributed by atoms with Gasteiger partial charge in [-0.3, -0.25) is 0 Å². The first-order valence-corrected chi connectivity index (χ1v) is 5.57. The molecule has 0 aromatic carbocycles. The van der Waals surface area contributed by atoms with Gasteiger partial charge in [0.25, 0.3) is 0 Å². The number of carbonyl (C=O) groups excluding carboxylic acids is 1. The predicted octanol–water partition coefficient (Wildman–Crippen LogP) is -2.35. The number of hydrogen-bond donors (Lipinski definition) is 0. The van der Waals surface area contributed by atoms with Crippen LogP contribution in [0.15, 0.2) is 24.8 Å². The van der Waals surface area contributed by atoms with Crippen molar-refractivity contribution < 1.29 is 4.79 Å². The number of imidazole rings is 2. The van der Waals surface area contributed by atoms with Crippen molar-refractivity contribution in [2.75, 3.05) is 0 Å². The van der Waals surface area contributed by atoms with Crippen LogP contribution in [-0.2, 0) is 0 Å². The molecule has 0 amide bonds. The number of hydrogen-bond acceptors (Lipinski definition) is 3. The Balaban J connectivity index is 2.44. The molecule has 14 heavy (non-hydrogen) atoms. The Hall–Kier alpha value is -0.871.